The van der Waals surface area contributed by atoms with E-state index in [1.54, 1.807) is 36.5 Å². The molecule has 0 saturated carbocycles. The van der Waals surface area contributed by atoms with Crippen molar-refractivity contribution in [1.29, 1.82) is 0 Å². The SMILES string of the molecule is O=C(O)/C(C1=CC=CC1)=C(/C(=O)O)C1=CC=CC1. The van der Waals surface area contributed by atoms with Crippen LogP contribution in [0, 0.1) is 0 Å². The Morgan fingerprint density at radius 2 is 1.22 bits per heavy atom. The fourth-order valence-electron chi connectivity index (χ4n) is 2.07. The fraction of sp³-hybridized carbons (Fsp3) is 0.143. The molecule has 0 aliphatic heterocycles. The molecule has 4 heteroatoms. The second-order valence-electron chi connectivity index (χ2n) is 4.01. The minimum atomic E-state index is -1.20. The molecule has 92 valence electrons. The van der Waals surface area contributed by atoms with Crippen LogP contribution in [0.5, 0.6) is 0 Å². The van der Waals surface area contributed by atoms with Crippen LogP contribution in [0.15, 0.2) is 58.7 Å². The summed E-state index contributed by atoms with van der Waals surface area (Å²) in [6.07, 6.45) is 11.3. The van der Waals surface area contributed by atoms with Gasteiger partial charge in [-0.25, -0.2) is 9.59 Å². The summed E-state index contributed by atoms with van der Waals surface area (Å²) in [7, 11) is 0. The van der Waals surface area contributed by atoms with E-state index in [2.05, 4.69) is 0 Å². The fourth-order valence-corrected chi connectivity index (χ4v) is 2.07. The lowest BCUT2D eigenvalue weighted by atomic mass is 9.93. The maximum Gasteiger partial charge on any atom is 0.336 e. The minimum absolute atomic E-state index is 0.109. The molecule has 0 bridgehead atoms. The first-order valence-electron chi connectivity index (χ1n) is 5.54. The summed E-state index contributed by atoms with van der Waals surface area (Å²) in [5.74, 6) is -2.40. The van der Waals surface area contributed by atoms with Crippen LogP contribution in [-0.2, 0) is 9.59 Å². The van der Waals surface area contributed by atoms with Gasteiger partial charge in [-0.3, -0.25) is 0 Å². The number of carboxylic acid groups (broad SMARTS) is 2. The van der Waals surface area contributed by atoms with Crippen molar-refractivity contribution >= 4 is 11.9 Å². The molecule has 0 heterocycles. The normalized spacial score (nSPS) is 18.4. The van der Waals surface area contributed by atoms with Gasteiger partial charge in [0.1, 0.15) is 0 Å². The number of carbonyl (C=O) groups is 2. The van der Waals surface area contributed by atoms with Crippen molar-refractivity contribution in [2.75, 3.05) is 0 Å². The summed E-state index contributed by atoms with van der Waals surface area (Å²) < 4.78 is 0. The molecule has 18 heavy (non-hydrogen) atoms. The lowest BCUT2D eigenvalue weighted by molar-refractivity contribution is -0.135. The summed E-state index contributed by atoms with van der Waals surface area (Å²) in [4.78, 5) is 22.7. The molecule has 0 aromatic rings. The first-order valence-corrected chi connectivity index (χ1v) is 5.54. The van der Waals surface area contributed by atoms with Gasteiger partial charge in [0.2, 0.25) is 0 Å². The van der Waals surface area contributed by atoms with Crippen LogP contribution in [0.3, 0.4) is 0 Å². The van der Waals surface area contributed by atoms with Gasteiger partial charge in [0.05, 0.1) is 11.1 Å². The minimum Gasteiger partial charge on any atom is -0.478 e. The lowest BCUT2D eigenvalue weighted by Gasteiger charge is -2.10. The Balaban J connectivity index is 2.54. The topological polar surface area (TPSA) is 74.6 Å². The van der Waals surface area contributed by atoms with Crippen molar-refractivity contribution in [1.82, 2.24) is 0 Å². The van der Waals surface area contributed by atoms with Crippen LogP contribution in [0.25, 0.3) is 0 Å². The maximum absolute atomic E-state index is 11.4. The molecule has 2 aliphatic carbocycles. The van der Waals surface area contributed by atoms with Gasteiger partial charge < -0.3 is 10.2 Å². The zero-order chi connectivity index (χ0) is 13.1. The summed E-state index contributed by atoms with van der Waals surface area (Å²) in [5, 5.41) is 18.6. The molecule has 0 atom stereocenters. The smallest absolute Gasteiger partial charge is 0.336 e. The third-order valence-electron chi connectivity index (χ3n) is 2.86. The number of hydrogen-bond acceptors (Lipinski definition) is 2. The molecule has 0 amide bonds. The van der Waals surface area contributed by atoms with Crippen molar-refractivity contribution < 1.29 is 19.8 Å². The molecular formula is C14H12O4. The van der Waals surface area contributed by atoms with Gasteiger partial charge >= 0.3 is 11.9 Å². The van der Waals surface area contributed by atoms with E-state index < -0.39 is 11.9 Å². The van der Waals surface area contributed by atoms with E-state index in [-0.39, 0.29) is 11.1 Å². The molecule has 0 spiro atoms. The zero-order valence-electron chi connectivity index (χ0n) is 9.59. The van der Waals surface area contributed by atoms with Crippen molar-refractivity contribution in [3.63, 3.8) is 0 Å². The van der Waals surface area contributed by atoms with E-state index in [1.165, 1.54) is 0 Å². The van der Waals surface area contributed by atoms with E-state index >= 15 is 0 Å². The van der Waals surface area contributed by atoms with Crippen molar-refractivity contribution in [2.45, 2.75) is 12.8 Å². The highest BCUT2D eigenvalue weighted by atomic mass is 16.4. The predicted octanol–water partition coefficient (Wildman–Crippen LogP) is 2.22. The largest absolute Gasteiger partial charge is 0.478 e. The van der Waals surface area contributed by atoms with Gasteiger partial charge in [-0.15, -0.1) is 0 Å². The second kappa shape index (κ2) is 4.87. The van der Waals surface area contributed by atoms with Crippen LogP contribution in [0.2, 0.25) is 0 Å². The van der Waals surface area contributed by atoms with Crippen molar-refractivity contribution in [3.05, 3.63) is 58.7 Å². The Kier molecular flexibility index (Phi) is 3.28. The highest BCUT2D eigenvalue weighted by molar-refractivity contribution is 6.05. The van der Waals surface area contributed by atoms with Crippen LogP contribution < -0.4 is 0 Å². The number of allylic oxidation sites excluding steroid dienone is 6. The van der Waals surface area contributed by atoms with E-state index in [1.807, 2.05) is 0 Å². The van der Waals surface area contributed by atoms with E-state index in [9.17, 15) is 19.8 Å². The molecule has 2 N–H and O–H groups in total. The molecule has 0 saturated heterocycles. The predicted molar refractivity (Wildman–Crippen MR) is 66.0 cm³/mol. The Labute approximate surface area is 104 Å². The molecule has 0 aromatic carbocycles. The van der Waals surface area contributed by atoms with Gasteiger partial charge in [0.25, 0.3) is 0 Å². The molecule has 4 nitrogen and oxygen atoms in total. The van der Waals surface area contributed by atoms with Crippen molar-refractivity contribution in [2.24, 2.45) is 0 Å². The summed E-state index contributed by atoms with van der Waals surface area (Å²) in [5.41, 5.74) is 0.852. The third kappa shape index (κ3) is 2.18. The first kappa shape index (κ1) is 12.1. The number of hydrogen-bond donors (Lipinski definition) is 2. The highest BCUT2D eigenvalue weighted by Gasteiger charge is 2.26. The van der Waals surface area contributed by atoms with Crippen LogP contribution in [0.4, 0.5) is 0 Å². The molecule has 2 aliphatic rings. The van der Waals surface area contributed by atoms with Crippen LogP contribution in [0.1, 0.15) is 12.8 Å². The molecule has 2 rings (SSSR count). The quantitative estimate of drug-likeness (QED) is 0.743. The Morgan fingerprint density at radius 1 is 0.833 bits per heavy atom. The summed E-state index contributed by atoms with van der Waals surface area (Å²) >= 11 is 0. The number of aliphatic carboxylic acids is 2. The second-order valence-corrected chi connectivity index (χ2v) is 4.01. The van der Waals surface area contributed by atoms with E-state index in [4.69, 9.17) is 0 Å². The van der Waals surface area contributed by atoms with E-state index in [0.717, 1.165) is 0 Å². The van der Waals surface area contributed by atoms with Gasteiger partial charge in [-0.05, 0) is 24.0 Å². The van der Waals surface area contributed by atoms with Crippen LogP contribution in [-0.4, -0.2) is 22.2 Å². The Hall–Kier alpha value is -2.36. The first-order chi connectivity index (χ1) is 8.61. The average molecular weight is 244 g/mol. The molecule has 0 radical (unpaired) electrons. The van der Waals surface area contributed by atoms with Crippen LogP contribution >= 0.6 is 0 Å². The highest BCUT2D eigenvalue weighted by Crippen LogP contribution is 2.30. The van der Waals surface area contributed by atoms with Gasteiger partial charge in [-0.1, -0.05) is 36.5 Å². The van der Waals surface area contributed by atoms with E-state index in [0.29, 0.717) is 24.0 Å². The third-order valence-corrected chi connectivity index (χ3v) is 2.86. The summed E-state index contributed by atoms with van der Waals surface area (Å²) in [6, 6.07) is 0. The lowest BCUT2D eigenvalue weighted by Crippen LogP contribution is -2.14. The van der Waals surface area contributed by atoms with Gasteiger partial charge in [0.15, 0.2) is 0 Å². The van der Waals surface area contributed by atoms with Gasteiger partial charge in [0, 0.05) is 0 Å². The maximum atomic E-state index is 11.4. The summed E-state index contributed by atoms with van der Waals surface area (Å²) in [6.45, 7) is 0. The number of rotatable bonds is 4. The standard InChI is InChI=1S/C14H12O4/c15-13(16)11(9-5-1-2-6-9)12(14(17)18)10-7-3-4-8-10/h1-5,7H,6,8H2,(H,15,16)(H,17,18)/b12-11+. The molecule has 0 aromatic heterocycles. The van der Waals surface area contributed by atoms with Gasteiger partial charge in [-0.2, -0.15) is 0 Å². The zero-order valence-corrected chi connectivity index (χ0v) is 9.59. The molecular weight excluding hydrogens is 232 g/mol. The number of carboxylic acids is 2. The average Bonchev–Trinajstić information content (AvgIpc) is 2.97. The van der Waals surface area contributed by atoms with Crippen molar-refractivity contribution in [3.8, 4) is 0 Å². The molecule has 0 fully saturated rings. The Morgan fingerprint density at radius 3 is 1.44 bits per heavy atom. The monoisotopic (exact) mass is 244 g/mol. The molecule has 0 unspecified atom stereocenters. The Bertz CT molecular complexity index is 506.